The molecule has 3 heterocycles. The van der Waals surface area contributed by atoms with Crippen molar-refractivity contribution in [1.29, 1.82) is 0 Å². The largest absolute Gasteiger partial charge is 0.342 e. The molecule has 2 fully saturated rings. The van der Waals surface area contributed by atoms with Gasteiger partial charge in [0.15, 0.2) is 0 Å². The molecule has 0 aromatic carbocycles. The quantitative estimate of drug-likeness (QED) is 0.832. The Morgan fingerprint density at radius 1 is 0.957 bits per heavy atom. The Morgan fingerprint density at radius 3 is 2.17 bits per heavy atom. The number of hydrogen-bond donors (Lipinski definition) is 0. The molecule has 126 valence electrons. The highest BCUT2D eigenvalue weighted by atomic mass is 32.1. The smallest absolute Gasteiger partial charge is 0.263 e. The molecule has 0 unspecified atom stereocenters. The lowest BCUT2D eigenvalue weighted by Crippen LogP contribution is -2.44. The van der Waals surface area contributed by atoms with E-state index in [1.165, 1.54) is 17.7 Å². The van der Waals surface area contributed by atoms with E-state index in [1.807, 2.05) is 24.0 Å². The maximum Gasteiger partial charge on any atom is 0.263 e. The van der Waals surface area contributed by atoms with Crippen LogP contribution in [0.3, 0.4) is 0 Å². The normalized spacial score (nSPS) is 20.4. The van der Waals surface area contributed by atoms with Crippen LogP contribution < -0.4 is 0 Å². The summed E-state index contributed by atoms with van der Waals surface area (Å²) in [7, 11) is 0. The van der Waals surface area contributed by atoms with Crippen LogP contribution in [0.1, 0.15) is 53.1 Å². The zero-order valence-electron chi connectivity index (χ0n) is 13.9. The summed E-state index contributed by atoms with van der Waals surface area (Å²) in [5.74, 6) is 0.567. The molecule has 1 aromatic rings. The predicted octanol–water partition coefficient (Wildman–Crippen LogP) is 3.31. The fourth-order valence-corrected chi connectivity index (χ4v) is 4.42. The molecule has 0 atom stereocenters. The van der Waals surface area contributed by atoms with Gasteiger partial charge in [0.1, 0.15) is 0 Å². The molecule has 4 nitrogen and oxygen atoms in total. The SMILES string of the molecule is Cc1ccc(C(=O)N2CCC(C(=O)N3CCCCCC3)CC2)s1. The number of rotatable bonds is 2. The van der Waals surface area contributed by atoms with E-state index in [2.05, 4.69) is 4.90 Å². The molecule has 23 heavy (non-hydrogen) atoms. The van der Waals surface area contributed by atoms with Gasteiger partial charge in [-0.2, -0.15) is 0 Å². The highest BCUT2D eigenvalue weighted by molar-refractivity contribution is 7.13. The molecule has 0 saturated carbocycles. The predicted molar refractivity (Wildman–Crippen MR) is 92.7 cm³/mol. The highest BCUT2D eigenvalue weighted by Crippen LogP contribution is 2.24. The maximum atomic E-state index is 12.7. The minimum atomic E-state index is 0.113. The van der Waals surface area contributed by atoms with E-state index in [4.69, 9.17) is 0 Å². The lowest BCUT2D eigenvalue weighted by Gasteiger charge is -2.33. The van der Waals surface area contributed by atoms with Crippen LogP contribution >= 0.6 is 11.3 Å². The van der Waals surface area contributed by atoms with Gasteiger partial charge in [0.2, 0.25) is 5.91 Å². The summed E-state index contributed by atoms with van der Waals surface area (Å²) in [4.78, 5) is 31.1. The Kier molecular flexibility index (Phi) is 5.36. The molecule has 2 aliphatic heterocycles. The van der Waals surface area contributed by atoms with Gasteiger partial charge in [-0.1, -0.05) is 12.8 Å². The average molecular weight is 334 g/mol. The number of carbonyl (C=O) groups is 2. The third-order valence-electron chi connectivity index (χ3n) is 5.00. The molecule has 2 saturated heterocycles. The first-order chi connectivity index (χ1) is 11.1. The van der Waals surface area contributed by atoms with E-state index < -0.39 is 0 Å². The molecule has 0 spiro atoms. The van der Waals surface area contributed by atoms with Gasteiger partial charge < -0.3 is 9.80 Å². The van der Waals surface area contributed by atoms with Crippen molar-refractivity contribution in [3.05, 3.63) is 21.9 Å². The van der Waals surface area contributed by atoms with Crippen LogP contribution in [0, 0.1) is 12.8 Å². The monoisotopic (exact) mass is 334 g/mol. The molecule has 1 aromatic heterocycles. The number of hydrogen-bond acceptors (Lipinski definition) is 3. The first-order valence-electron chi connectivity index (χ1n) is 8.79. The van der Waals surface area contributed by atoms with E-state index >= 15 is 0 Å². The fourth-order valence-electron chi connectivity index (χ4n) is 3.58. The highest BCUT2D eigenvalue weighted by Gasteiger charge is 2.30. The van der Waals surface area contributed by atoms with Gasteiger partial charge in [-0.05, 0) is 44.7 Å². The van der Waals surface area contributed by atoms with Gasteiger partial charge in [-0.15, -0.1) is 11.3 Å². The maximum absolute atomic E-state index is 12.7. The van der Waals surface area contributed by atoms with Crippen LogP contribution in [0.5, 0.6) is 0 Å². The first-order valence-corrected chi connectivity index (χ1v) is 9.61. The van der Waals surface area contributed by atoms with Crippen molar-refractivity contribution in [3.63, 3.8) is 0 Å². The summed E-state index contributed by atoms with van der Waals surface area (Å²) in [6.07, 6.45) is 6.40. The zero-order valence-corrected chi connectivity index (χ0v) is 14.7. The van der Waals surface area contributed by atoms with E-state index in [1.54, 1.807) is 11.3 Å². The average Bonchev–Trinajstić information content (AvgIpc) is 2.84. The van der Waals surface area contributed by atoms with Crippen LogP contribution in [0.4, 0.5) is 0 Å². The molecular formula is C18H26N2O2S. The van der Waals surface area contributed by atoms with E-state index in [0.29, 0.717) is 19.0 Å². The molecule has 0 aliphatic carbocycles. The van der Waals surface area contributed by atoms with Crippen molar-refractivity contribution in [3.8, 4) is 0 Å². The van der Waals surface area contributed by atoms with Gasteiger partial charge in [0.05, 0.1) is 4.88 Å². The van der Waals surface area contributed by atoms with Crippen molar-refractivity contribution >= 4 is 23.2 Å². The van der Waals surface area contributed by atoms with E-state index in [0.717, 1.165) is 43.6 Å². The van der Waals surface area contributed by atoms with Gasteiger partial charge in [-0.25, -0.2) is 0 Å². The van der Waals surface area contributed by atoms with Gasteiger partial charge in [0, 0.05) is 37.0 Å². The summed E-state index contributed by atoms with van der Waals surface area (Å²) in [5, 5.41) is 0. The number of aryl methyl sites for hydroxylation is 1. The van der Waals surface area contributed by atoms with Crippen LogP contribution in [-0.2, 0) is 4.79 Å². The summed E-state index contributed by atoms with van der Waals surface area (Å²) in [6, 6.07) is 3.91. The summed E-state index contributed by atoms with van der Waals surface area (Å²) in [6.45, 7) is 5.28. The molecule has 0 N–H and O–H groups in total. The third-order valence-corrected chi connectivity index (χ3v) is 5.99. The van der Waals surface area contributed by atoms with Crippen LogP contribution in [-0.4, -0.2) is 47.8 Å². The van der Waals surface area contributed by atoms with Crippen LogP contribution in [0.2, 0.25) is 0 Å². The van der Waals surface area contributed by atoms with Crippen molar-refractivity contribution in [2.24, 2.45) is 5.92 Å². The Balaban J connectivity index is 1.53. The standard InChI is InChI=1S/C18H26N2O2S/c1-14-6-7-16(23-14)18(22)20-12-8-15(9-13-20)17(21)19-10-4-2-3-5-11-19/h6-7,15H,2-5,8-13H2,1H3. The molecular weight excluding hydrogens is 308 g/mol. The number of piperidine rings is 1. The fraction of sp³-hybridized carbons (Fsp3) is 0.667. The summed E-state index contributed by atoms with van der Waals surface area (Å²) >= 11 is 1.56. The van der Waals surface area contributed by atoms with E-state index in [-0.39, 0.29) is 11.8 Å². The number of carbonyl (C=O) groups excluding carboxylic acids is 2. The number of thiophene rings is 1. The Labute approximate surface area is 142 Å². The first kappa shape index (κ1) is 16.5. The lowest BCUT2D eigenvalue weighted by atomic mass is 9.95. The molecule has 5 heteroatoms. The lowest BCUT2D eigenvalue weighted by molar-refractivity contribution is -0.136. The van der Waals surface area contributed by atoms with Crippen molar-refractivity contribution in [2.75, 3.05) is 26.2 Å². The Bertz CT molecular complexity index is 553. The van der Waals surface area contributed by atoms with Crippen molar-refractivity contribution in [1.82, 2.24) is 9.80 Å². The van der Waals surface area contributed by atoms with Crippen LogP contribution in [0.25, 0.3) is 0 Å². The summed E-state index contributed by atoms with van der Waals surface area (Å²) in [5.41, 5.74) is 0. The van der Waals surface area contributed by atoms with Gasteiger partial charge >= 0.3 is 0 Å². The minimum absolute atomic E-state index is 0.113. The molecule has 2 aliphatic rings. The molecule has 0 radical (unpaired) electrons. The molecule has 0 bridgehead atoms. The second-order valence-electron chi connectivity index (χ2n) is 6.72. The number of amides is 2. The molecule has 3 rings (SSSR count). The van der Waals surface area contributed by atoms with Crippen molar-refractivity contribution in [2.45, 2.75) is 45.4 Å². The topological polar surface area (TPSA) is 40.6 Å². The van der Waals surface area contributed by atoms with Crippen molar-refractivity contribution < 1.29 is 9.59 Å². The second-order valence-corrected chi connectivity index (χ2v) is 8.00. The Hall–Kier alpha value is -1.36. The Morgan fingerprint density at radius 2 is 1.61 bits per heavy atom. The number of likely N-dealkylation sites (tertiary alicyclic amines) is 2. The second kappa shape index (κ2) is 7.47. The van der Waals surface area contributed by atoms with Gasteiger partial charge in [0.25, 0.3) is 5.91 Å². The van der Waals surface area contributed by atoms with Crippen LogP contribution in [0.15, 0.2) is 12.1 Å². The zero-order chi connectivity index (χ0) is 16.2. The molecule has 2 amide bonds. The number of nitrogens with zero attached hydrogens (tertiary/aromatic N) is 2. The summed E-state index contributed by atoms with van der Waals surface area (Å²) < 4.78 is 0. The third kappa shape index (κ3) is 3.94. The van der Waals surface area contributed by atoms with Gasteiger partial charge in [-0.3, -0.25) is 9.59 Å². The minimum Gasteiger partial charge on any atom is -0.342 e. The van der Waals surface area contributed by atoms with E-state index in [9.17, 15) is 9.59 Å².